The molecule has 0 aromatic rings. The van der Waals surface area contributed by atoms with E-state index in [1.807, 2.05) is 26.0 Å². The maximum atomic E-state index is 12.7. The molecule has 0 amide bonds. The minimum absolute atomic E-state index is 0.00773. The Hall–Kier alpha value is -1.77. The first-order valence-electron chi connectivity index (χ1n) is 6.65. The van der Waals surface area contributed by atoms with Crippen LogP contribution < -0.4 is 0 Å². The summed E-state index contributed by atoms with van der Waals surface area (Å²) in [6, 6.07) is 0. The van der Waals surface area contributed by atoms with E-state index >= 15 is 0 Å². The summed E-state index contributed by atoms with van der Waals surface area (Å²) in [6.07, 6.45) is 8.25. The van der Waals surface area contributed by atoms with Crippen molar-refractivity contribution in [1.82, 2.24) is 0 Å². The number of fused-ring (bicyclic) bond motifs is 1. The van der Waals surface area contributed by atoms with E-state index in [4.69, 9.17) is 0 Å². The molecule has 3 aliphatic carbocycles. The number of carbonyl (C=O) groups excluding carboxylic acids is 3. The van der Waals surface area contributed by atoms with Crippen molar-refractivity contribution in [2.24, 2.45) is 17.3 Å². The van der Waals surface area contributed by atoms with Crippen LogP contribution in [-0.2, 0) is 14.4 Å². The summed E-state index contributed by atoms with van der Waals surface area (Å²) < 4.78 is 0. The molecule has 2 atom stereocenters. The molecule has 0 fully saturated rings. The van der Waals surface area contributed by atoms with Gasteiger partial charge in [0.2, 0.25) is 0 Å². The first kappa shape index (κ1) is 12.3. The van der Waals surface area contributed by atoms with E-state index in [2.05, 4.69) is 0 Å². The zero-order chi connectivity index (χ0) is 13.8. The Labute approximate surface area is 112 Å². The summed E-state index contributed by atoms with van der Waals surface area (Å²) in [4.78, 5) is 37.2. The lowest BCUT2D eigenvalue weighted by atomic mass is 9.61. The highest BCUT2D eigenvalue weighted by molar-refractivity contribution is 6.32. The van der Waals surface area contributed by atoms with Crippen LogP contribution in [0.4, 0.5) is 0 Å². The van der Waals surface area contributed by atoms with Crippen LogP contribution in [0.3, 0.4) is 0 Å². The van der Waals surface area contributed by atoms with Crippen LogP contribution in [0.5, 0.6) is 0 Å². The number of ketones is 3. The quantitative estimate of drug-likeness (QED) is 0.493. The summed E-state index contributed by atoms with van der Waals surface area (Å²) in [5, 5.41) is 0. The van der Waals surface area contributed by atoms with Crippen molar-refractivity contribution in [3.05, 3.63) is 35.5 Å². The predicted octanol–water partition coefficient (Wildman–Crippen LogP) is 2.18. The van der Waals surface area contributed by atoms with Gasteiger partial charge in [-0.3, -0.25) is 14.4 Å². The molecule has 3 aliphatic rings. The van der Waals surface area contributed by atoms with Crippen LogP contribution in [0.15, 0.2) is 35.5 Å². The molecule has 0 aromatic carbocycles. The van der Waals surface area contributed by atoms with Gasteiger partial charge in [-0.15, -0.1) is 0 Å². The van der Waals surface area contributed by atoms with Gasteiger partial charge in [-0.05, 0) is 18.9 Å². The molecule has 0 bridgehead atoms. The van der Waals surface area contributed by atoms with Gasteiger partial charge >= 0.3 is 0 Å². The molecule has 0 aliphatic heterocycles. The molecule has 0 aromatic heterocycles. The standard InChI is InChI=1S/C16H16O3/c1-16(2)8-7-11(17)12-13(16)15(19)10-6-4-3-5-9(10)14(12)18/h3-4,7-10H,5-6H2,1-2H3. The van der Waals surface area contributed by atoms with Crippen LogP contribution in [-0.4, -0.2) is 17.3 Å². The first-order chi connectivity index (χ1) is 8.93. The van der Waals surface area contributed by atoms with Gasteiger partial charge in [0.05, 0.1) is 5.57 Å². The number of Topliss-reactive ketones (excluding diaryl/α,β-unsaturated/α-hetero) is 2. The summed E-state index contributed by atoms with van der Waals surface area (Å²) in [5.41, 5.74) is 0.0536. The topological polar surface area (TPSA) is 51.2 Å². The van der Waals surface area contributed by atoms with Crippen LogP contribution in [0.25, 0.3) is 0 Å². The van der Waals surface area contributed by atoms with Crippen LogP contribution >= 0.6 is 0 Å². The monoisotopic (exact) mass is 256 g/mol. The van der Waals surface area contributed by atoms with E-state index in [0.29, 0.717) is 18.4 Å². The van der Waals surface area contributed by atoms with Gasteiger partial charge in [-0.2, -0.15) is 0 Å². The zero-order valence-electron chi connectivity index (χ0n) is 11.1. The lowest BCUT2D eigenvalue weighted by molar-refractivity contribution is -0.133. The Morgan fingerprint density at radius 3 is 2.21 bits per heavy atom. The van der Waals surface area contributed by atoms with Gasteiger partial charge < -0.3 is 0 Å². The fourth-order valence-electron chi connectivity index (χ4n) is 3.35. The molecule has 98 valence electrons. The maximum absolute atomic E-state index is 12.7. The average molecular weight is 256 g/mol. The van der Waals surface area contributed by atoms with Crippen LogP contribution in [0, 0.1) is 17.3 Å². The van der Waals surface area contributed by atoms with Crippen LogP contribution in [0.2, 0.25) is 0 Å². The summed E-state index contributed by atoms with van der Waals surface area (Å²) in [5.74, 6) is -1.05. The third kappa shape index (κ3) is 1.61. The molecule has 2 unspecified atom stereocenters. The molecular weight excluding hydrogens is 240 g/mol. The lowest BCUT2D eigenvalue weighted by Gasteiger charge is -2.38. The molecule has 0 spiro atoms. The highest BCUT2D eigenvalue weighted by Gasteiger charge is 2.49. The number of carbonyl (C=O) groups is 3. The van der Waals surface area contributed by atoms with E-state index in [1.165, 1.54) is 6.08 Å². The molecule has 3 nitrogen and oxygen atoms in total. The van der Waals surface area contributed by atoms with Crippen LogP contribution in [0.1, 0.15) is 26.7 Å². The molecule has 0 heterocycles. The molecule has 0 saturated carbocycles. The Bertz CT molecular complexity index is 587. The number of allylic oxidation sites excluding steroid dienone is 6. The lowest BCUT2D eigenvalue weighted by Crippen LogP contribution is -2.44. The highest BCUT2D eigenvalue weighted by atomic mass is 16.2. The van der Waals surface area contributed by atoms with Crippen molar-refractivity contribution in [2.45, 2.75) is 26.7 Å². The summed E-state index contributed by atoms with van der Waals surface area (Å²) >= 11 is 0. The van der Waals surface area contributed by atoms with E-state index in [9.17, 15) is 14.4 Å². The average Bonchev–Trinajstić information content (AvgIpc) is 2.39. The molecule has 0 radical (unpaired) electrons. The molecule has 0 N–H and O–H groups in total. The van der Waals surface area contributed by atoms with Crippen molar-refractivity contribution in [3.63, 3.8) is 0 Å². The Morgan fingerprint density at radius 2 is 1.58 bits per heavy atom. The second-order valence-electron chi connectivity index (χ2n) is 6.05. The Balaban J connectivity index is 2.19. The fourth-order valence-corrected chi connectivity index (χ4v) is 3.35. The molecule has 3 rings (SSSR count). The minimum Gasteiger partial charge on any atom is -0.294 e. The van der Waals surface area contributed by atoms with Crippen molar-refractivity contribution in [3.8, 4) is 0 Å². The van der Waals surface area contributed by atoms with Gasteiger partial charge in [0.25, 0.3) is 0 Å². The van der Waals surface area contributed by atoms with Gasteiger partial charge in [-0.25, -0.2) is 0 Å². The van der Waals surface area contributed by atoms with E-state index < -0.39 is 5.41 Å². The van der Waals surface area contributed by atoms with Gasteiger partial charge in [-0.1, -0.05) is 32.1 Å². The van der Waals surface area contributed by atoms with Gasteiger partial charge in [0, 0.05) is 22.8 Å². The number of rotatable bonds is 0. The smallest absolute Gasteiger partial charge is 0.189 e. The Kier molecular flexibility index (Phi) is 2.49. The van der Waals surface area contributed by atoms with Crippen molar-refractivity contribution < 1.29 is 14.4 Å². The molecule has 3 heteroatoms. The highest BCUT2D eigenvalue weighted by Crippen LogP contribution is 2.45. The normalized spacial score (nSPS) is 32.4. The third-order valence-corrected chi connectivity index (χ3v) is 4.39. The van der Waals surface area contributed by atoms with Gasteiger partial charge in [0.1, 0.15) is 0 Å². The zero-order valence-corrected chi connectivity index (χ0v) is 11.1. The number of hydrogen-bond donors (Lipinski definition) is 0. The second kappa shape index (κ2) is 3.86. The molecular formula is C16H16O3. The van der Waals surface area contributed by atoms with Crippen molar-refractivity contribution in [1.29, 1.82) is 0 Å². The molecule has 0 saturated heterocycles. The van der Waals surface area contributed by atoms with E-state index in [1.54, 1.807) is 6.08 Å². The molecule has 19 heavy (non-hydrogen) atoms. The van der Waals surface area contributed by atoms with Crippen molar-refractivity contribution in [2.75, 3.05) is 0 Å². The minimum atomic E-state index is -0.526. The second-order valence-corrected chi connectivity index (χ2v) is 6.05. The SMILES string of the molecule is CC1(C)C=CC(=O)C2=C1C(=O)C1CC=CCC1C2=O. The largest absolute Gasteiger partial charge is 0.294 e. The predicted molar refractivity (Wildman–Crippen MR) is 70.3 cm³/mol. The van der Waals surface area contributed by atoms with Crippen molar-refractivity contribution >= 4 is 17.3 Å². The van der Waals surface area contributed by atoms with E-state index in [-0.39, 0.29) is 34.8 Å². The number of hydrogen-bond acceptors (Lipinski definition) is 3. The third-order valence-electron chi connectivity index (χ3n) is 4.39. The first-order valence-corrected chi connectivity index (χ1v) is 6.65. The van der Waals surface area contributed by atoms with E-state index in [0.717, 1.165) is 0 Å². The summed E-state index contributed by atoms with van der Waals surface area (Å²) in [7, 11) is 0. The van der Waals surface area contributed by atoms with Gasteiger partial charge in [0.15, 0.2) is 17.3 Å². The fraction of sp³-hybridized carbons (Fsp3) is 0.438. The Morgan fingerprint density at radius 1 is 1.00 bits per heavy atom. The maximum Gasteiger partial charge on any atom is 0.189 e. The summed E-state index contributed by atoms with van der Waals surface area (Å²) in [6.45, 7) is 3.77.